The van der Waals surface area contributed by atoms with Gasteiger partial charge in [0.25, 0.3) is 0 Å². The second-order valence-corrected chi connectivity index (χ2v) is 13.2. The van der Waals surface area contributed by atoms with Crippen molar-refractivity contribution in [1.29, 1.82) is 0 Å². The fraction of sp³-hybridized carbons (Fsp3) is 0.106. The first-order valence-corrected chi connectivity index (χ1v) is 17.2. The number of hydrogen-bond donors (Lipinski definition) is 0. The number of furan rings is 1. The Hall–Kier alpha value is -6.06. The number of nitrogens with zero attached hydrogens (tertiary/aromatic N) is 1. The summed E-state index contributed by atoms with van der Waals surface area (Å²) in [5.74, 6) is 0.858. The lowest BCUT2D eigenvalue weighted by Gasteiger charge is -2.26. The highest BCUT2D eigenvalue weighted by Gasteiger charge is 2.17. The maximum absolute atomic E-state index is 6.39. The zero-order valence-corrected chi connectivity index (χ0v) is 28.7. The molecule has 3 heteroatoms. The van der Waals surface area contributed by atoms with Gasteiger partial charge in [0.2, 0.25) is 0 Å². The molecular weight excluding hydrogens is 611 g/mol. The summed E-state index contributed by atoms with van der Waals surface area (Å²) in [4.78, 5) is 2.35. The van der Waals surface area contributed by atoms with Crippen molar-refractivity contribution in [2.24, 2.45) is 0 Å². The molecule has 4 aromatic carbocycles. The average molecular weight is 650 g/mol. The monoisotopic (exact) mass is 649 g/mol. The van der Waals surface area contributed by atoms with Gasteiger partial charge in [-0.15, -0.1) is 0 Å². The molecule has 2 aliphatic rings. The van der Waals surface area contributed by atoms with Crippen LogP contribution in [0.3, 0.4) is 0 Å². The Labute approximate surface area is 293 Å². The van der Waals surface area contributed by atoms with Crippen molar-refractivity contribution >= 4 is 61.0 Å². The van der Waals surface area contributed by atoms with Crippen LogP contribution in [0.4, 0.5) is 11.4 Å². The first-order valence-electron chi connectivity index (χ1n) is 17.2. The Morgan fingerprint density at radius 3 is 2.30 bits per heavy atom. The van der Waals surface area contributed by atoms with E-state index in [2.05, 4.69) is 171 Å². The average Bonchev–Trinajstić information content (AvgIpc) is 3.37. The van der Waals surface area contributed by atoms with Crippen molar-refractivity contribution in [3.05, 3.63) is 186 Å². The van der Waals surface area contributed by atoms with E-state index in [-0.39, 0.29) is 0 Å². The molecule has 0 radical (unpaired) electrons. The number of aryl methyl sites for hydroxylation is 3. The van der Waals surface area contributed by atoms with Crippen molar-refractivity contribution in [3.8, 4) is 0 Å². The molecule has 8 rings (SSSR count). The van der Waals surface area contributed by atoms with Crippen molar-refractivity contribution < 1.29 is 8.83 Å². The zero-order valence-electron chi connectivity index (χ0n) is 28.7. The molecule has 0 fully saturated rings. The third kappa shape index (κ3) is 6.03. The van der Waals surface area contributed by atoms with Crippen molar-refractivity contribution in [1.82, 2.24) is 0 Å². The molecule has 0 N–H and O–H groups in total. The summed E-state index contributed by atoms with van der Waals surface area (Å²) < 4.78 is 12.6. The molecule has 0 saturated carbocycles. The number of hydrogen-bond acceptors (Lipinski definition) is 3. The SMILES string of the molecule is C=C1/C=C\C=C/CN(c2ccc3oc4ccc(C5=CC(c6ccc(C)oc7ccc(C)cc7c(C)c6)=CCC=C5)cc4c3c2)c2ccccc21. The van der Waals surface area contributed by atoms with Crippen LogP contribution in [0.1, 0.15) is 40.0 Å². The van der Waals surface area contributed by atoms with E-state index >= 15 is 0 Å². The molecule has 0 amide bonds. The highest BCUT2D eigenvalue weighted by Crippen LogP contribution is 2.38. The third-order valence-corrected chi connectivity index (χ3v) is 9.59. The molecule has 3 heterocycles. The van der Waals surface area contributed by atoms with Gasteiger partial charge in [-0.25, -0.2) is 0 Å². The summed E-state index contributed by atoms with van der Waals surface area (Å²) in [5.41, 5.74) is 14.0. The van der Waals surface area contributed by atoms with Gasteiger partial charge in [0.05, 0.1) is 0 Å². The zero-order chi connectivity index (χ0) is 34.2. The molecule has 0 bridgehead atoms. The number of para-hydroxylation sites is 1. The fourth-order valence-corrected chi connectivity index (χ4v) is 6.98. The van der Waals surface area contributed by atoms with Gasteiger partial charge in [0.1, 0.15) is 22.5 Å². The minimum absolute atomic E-state index is 0.740. The predicted molar refractivity (Wildman–Crippen MR) is 212 cm³/mol. The van der Waals surface area contributed by atoms with Crippen LogP contribution in [-0.2, 0) is 0 Å². The summed E-state index contributed by atoms with van der Waals surface area (Å²) in [6, 6.07) is 34.4. The Kier molecular flexibility index (Phi) is 8.18. The van der Waals surface area contributed by atoms with E-state index in [0.717, 1.165) is 90.8 Å². The summed E-state index contributed by atoms with van der Waals surface area (Å²) in [5, 5.41) is 3.31. The van der Waals surface area contributed by atoms with E-state index < -0.39 is 0 Å². The van der Waals surface area contributed by atoms with Crippen LogP contribution in [-0.4, -0.2) is 6.54 Å². The van der Waals surface area contributed by atoms with Crippen LogP contribution >= 0.6 is 0 Å². The van der Waals surface area contributed by atoms with E-state index in [4.69, 9.17) is 8.83 Å². The van der Waals surface area contributed by atoms with Crippen molar-refractivity contribution in [2.75, 3.05) is 11.4 Å². The smallest absolute Gasteiger partial charge is 0.135 e. The molecule has 1 aliphatic heterocycles. The highest BCUT2D eigenvalue weighted by molar-refractivity contribution is 6.08. The summed E-state index contributed by atoms with van der Waals surface area (Å²) in [6.07, 6.45) is 18.3. The molecule has 0 atom stereocenters. The predicted octanol–water partition coefficient (Wildman–Crippen LogP) is 13.1. The minimum Gasteiger partial charge on any atom is -0.461 e. The Morgan fingerprint density at radius 2 is 1.40 bits per heavy atom. The Morgan fingerprint density at radius 1 is 0.640 bits per heavy atom. The van der Waals surface area contributed by atoms with Crippen molar-refractivity contribution in [2.45, 2.75) is 27.2 Å². The first-order chi connectivity index (χ1) is 24.4. The van der Waals surface area contributed by atoms with E-state index in [1.54, 1.807) is 0 Å². The molecule has 0 saturated heterocycles. The second-order valence-electron chi connectivity index (χ2n) is 13.2. The van der Waals surface area contributed by atoms with Gasteiger partial charge >= 0.3 is 0 Å². The number of anilines is 2. The Balaban J connectivity index is 1.22. The number of fused-ring (bicyclic) bond motifs is 5. The maximum atomic E-state index is 6.39. The lowest BCUT2D eigenvalue weighted by atomic mass is 9.97. The molecular formula is C47H39NO2. The molecule has 3 nitrogen and oxygen atoms in total. The summed E-state index contributed by atoms with van der Waals surface area (Å²) in [7, 11) is 0. The number of benzene rings is 4. The number of allylic oxidation sites excluding steroid dienone is 10. The van der Waals surface area contributed by atoms with Crippen molar-refractivity contribution in [3.63, 3.8) is 0 Å². The van der Waals surface area contributed by atoms with E-state index in [0.29, 0.717) is 0 Å². The topological polar surface area (TPSA) is 29.5 Å². The molecule has 0 spiro atoms. The van der Waals surface area contributed by atoms with Gasteiger partial charge in [0.15, 0.2) is 0 Å². The van der Waals surface area contributed by atoms with E-state index in [9.17, 15) is 0 Å². The van der Waals surface area contributed by atoms with Crippen LogP contribution < -0.4 is 4.90 Å². The lowest BCUT2D eigenvalue weighted by molar-refractivity contribution is 0.569. The lowest BCUT2D eigenvalue weighted by Crippen LogP contribution is -2.18. The molecule has 6 aromatic rings. The molecule has 0 unspecified atom stereocenters. The highest BCUT2D eigenvalue weighted by atomic mass is 16.3. The number of rotatable bonds is 3. The minimum atomic E-state index is 0.740. The Bertz CT molecular complexity index is 2540. The van der Waals surface area contributed by atoms with Gasteiger partial charge in [-0.1, -0.05) is 97.1 Å². The summed E-state index contributed by atoms with van der Waals surface area (Å²) >= 11 is 0. The normalized spacial score (nSPS) is 15.8. The van der Waals surface area contributed by atoms with Gasteiger partial charge in [-0.3, -0.25) is 0 Å². The molecule has 1 aliphatic carbocycles. The molecule has 50 heavy (non-hydrogen) atoms. The van der Waals surface area contributed by atoms with E-state index in [1.165, 1.54) is 16.7 Å². The van der Waals surface area contributed by atoms with E-state index in [1.807, 2.05) is 6.92 Å². The quantitative estimate of drug-likeness (QED) is 0.191. The third-order valence-electron chi connectivity index (χ3n) is 9.59. The van der Waals surface area contributed by atoms with Gasteiger partial charge < -0.3 is 13.7 Å². The fourth-order valence-electron chi connectivity index (χ4n) is 6.98. The van der Waals surface area contributed by atoms with Crippen LogP contribution in [0.2, 0.25) is 0 Å². The van der Waals surface area contributed by atoms with Crippen LogP contribution in [0.5, 0.6) is 0 Å². The van der Waals surface area contributed by atoms with Crippen LogP contribution in [0, 0.1) is 20.8 Å². The van der Waals surface area contributed by atoms with Crippen LogP contribution in [0.25, 0.3) is 49.6 Å². The van der Waals surface area contributed by atoms with Gasteiger partial charge in [-0.05, 0) is 121 Å². The molecule has 244 valence electrons. The largest absolute Gasteiger partial charge is 0.461 e. The second kappa shape index (κ2) is 13.1. The maximum Gasteiger partial charge on any atom is 0.135 e. The summed E-state index contributed by atoms with van der Waals surface area (Å²) in [6.45, 7) is 11.4. The van der Waals surface area contributed by atoms with Gasteiger partial charge in [0, 0.05) is 39.6 Å². The van der Waals surface area contributed by atoms with Crippen LogP contribution in [0.15, 0.2) is 161 Å². The first kappa shape index (κ1) is 31.2. The van der Waals surface area contributed by atoms with Gasteiger partial charge in [-0.2, -0.15) is 0 Å². The molecule has 2 aromatic heterocycles. The standard InChI is InChI=1S/C47H39NO2/c1-31-17-22-45-41(26-31)33(3)27-37(19-18-34(4)49-45)35-13-7-8-14-36(28-35)38-20-23-46-42(29-38)43-30-39(21-24-47(43)50-46)48-25-11-5-6-12-32(2)40-15-9-10-16-44(40)48/h5-6,8-24,26-30H,2,7,25H2,1,3-4H3/b11-5-,12-6-,33-27?,34-18?,37-19?.